The van der Waals surface area contributed by atoms with E-state index in [0.717, 1.165) is 0 Å². The Bertz CT molecular complexity index is 348. The van der Waals surface area contributed by atoms with Gasteiger partial charge in [-0.25, -0.2) is 0 Å². The third-order valence-electron chi connectivity index (χ3n) is 3.12. The van der Waals surface area contributed by atoms with Gasteiger partial charge in [-0.1, -0.05) is 22.9 Å². The van der Waals surface area contributed by atoms with Crippen LogP contribution in [-0.4, -0.2) is 12.6 Å². The SMILES string of the molecule is C[CH]c1cc(Br)cc(N2CCC[C@H]2C)c1. The van der Waals surface area contributed by atoms with E-state index in [1.807, 2.05) is 0 Å². The molecule has 15 heavy (non-hydrogen) atoms. The smallest absolute Gasteiger partial charge is 0.0382 e. The molecule has 0 unspecified atom stereocenters. The average molecular weight is 267 g/mol. The zero-order valence-electron chi connectivity index (χ0n) is 9.33. The number of hydrogen-bond donors (Lipinski definition) is 0. The fraction of sp³-hybridized carbons (Fsp3) is 0.462. The number of rotatable bonds is 2. The summed E-state index contributed by atoms with van der Waals surface area (Å²) in [4.78, 5) is 2.50. The van der Waals surface area contributed by atoms with Crippen LogP contribution in [-0.2, 0) is 0 Å². The van der Waals surface area contributed by atoms with E-state index in [1.54, 1.807) is 0 Å². The van der Waals surface area contributed by atoms with E-state index in [2.05, 4.69) is 59.3 Å². The summed E-state index contributed by atoms with van der Waals surface area (Å²) in [7, 11) is 0. The van der Waals surface area contributed by atoms with Gasteiger partial charge in [0.1, 0.15) is 0 Å². The van der Waals surface area contributed by atoms with Crippen molar-refractivity contribution in [2.75, 3.05) is 11.4 Å². The Balaban J connectivity index is 2.30. The predicted molar refractivity (Wildman–Crippen MR) is 69.3 cm³/mol. The summed E-state index contributed by atoms with van der Waals surface area (Å²) in [5.41, 5.74) is 2.64. The molecule has 1 aromatic rings. The molecule has 1 nitrogen and oxygen atoms in total. The quantitative estimate of drug-likeness (QED) is 0.782. The molecule has 2 heteroatoms. The maximum Gasteiger partial charge on any atom is 0.0382 e. The van der Waals surface area contributed by atoms with Crippen molar-refractivity contribution in [2.45, 2.75) is 32.7 Å². The molecule has 0 aliphatic carbocycles. The molecule has 1 aliphatic heterocycles. The van der Waals surface area contributed by atoms with Crippen LogP contribution >= 0.6 is 15.9 Å². The first-order chi connectivity index (χ1) is 7.20. The summed E-state index contributed by atoms with van der Waals surface area (Å²) in [5, 5.41) is 0. The highest BCUT2D eigenvalue weighted by Gasteiger charge is 2.20. The number of anilines is 1. The first-order valence-corrected chi connectivity index (χ1v) is 6.36. The van der Waals surface area contributed by atoms with Gasteiger partial charge in [0.2, 0.25) is 0 Å². The molecule has 0 spiro atoms. The van der Waals surface area contributed by atoms with Crippen LogP contribution in [0.5, 0.6) is 0 Å². The van der Waals surface area contributed by atoms with Crippen LogP contribution in [0.1, 0.15) is 32.3 Å². The van der Waals surface area contributed by atoms with E-state index < -0.39 is 0 Å². The monoisotopic (exact) mass is 266 g/mol. The van der Waals surface area contributed by atoms with Crippen molar-refractivity contribution in [3.63, 3.8) is 0 Å². The standard InChI is InChI=1S/C13H17BrN/c1-3-11-7-12(14)9-13(8-11)15-6-4-5-10(15)2/h3,7-10H,4-6H2,1-2H3/t10-/m1/s1. The number of nitrogens with zero attached hydrogens (tertiary/aromatic N) is 1. The van der Waals surface area contributed by atoms with Crippen molar-refractivity contribution in [3.05, 3.63) is 34.7 Å². The molecule has 0 saturated carbocycles. The summed E-state index contributed by atoms with van der Waals surface area (Å²) in [5.74, 6) is 0. The summed E-state index contributed by atoms with van der Waals surface area (Å²) >= 11 is 3.57. The van der Waals surface area contributed by atoms with Crippen LogP contribution < -0.4 is 4.90 Å². The molecule has 0 bridgehead atoms. The largest absolute Gasteiger partial charge is 0.369 e. The van der Waals surface area contributed by atoms with Gasteiger partial charge >= 0.3 is 0 Å². The van der Waals surface area contributed by atoms with Gasteiger partial charge in [-0.2, -0.15) is 0 Å². The summed E-state index contributed by atoms with van der Waals surface area (Å²) in [6.07, 6.45) is 4.78. The molecule has 1 radical (unpaired) electrons. The van der Waals surface area contributed by atoms with Crippen molar-refractivity contribution < 1.29 is 0 Å². The van der Waals surface area contributed by atoms with Gasteiger partial charge in [0.25, 0.3) is 0 Å². The van der Waals surface area contributed by atoms with Crippen LogP contribution in [0.25, 0.3) is 0 Å². The fourth-order valence-corrected chi connectivity index (χ4v) is 2.74. The molecule has 0 aromatic heterocycles. The van der Waals surface area contributed by atoms with Gasteiger partial charge < -0.3 is 4.90 Å². The number of benzene rings is 1. The van der Waals surface area contributed by atoms with E-state index in [9.17, 15) is 0 Å². The molecular weight excluding hydrogens is 250 g/mol. The first-order valence-electron chi connectivity index (χ1n) is 5.57. The second-order valence-electron chi connectivity index (χ2n) is 4.22. The van der Waals surface area contributed by atoms with Crippen molar-refractivity contribution in [2.24, 2.45) is 0 Å². The lowest BCUT2D eigenvalue weighted by atomic mass is 10.1. The number of halogens is 1. The van der Waals surface area contributed by atoms with Gasteiger partial charge in [-0.05, 0) is 49.9 Å². The van der Waals surface area contributed by atoms with E-state index in [0.29, 0.717) is 6.04 Å². The van der Waals surface area contributed by atoms with Gasteiger partial charge in [-0.15, -0.1) is 0 Å². The van der Waals surface area contributed by atoms with Gasteiger partial charge in [0.05, 0.1) is 0 Å². The van der Waals surface area contributed by atoms with E-state index in [-0.39, 0.29) is 0 Å². The summed E-state index contributed by atoms with van der Waals surface area (Å²) in [6.45, 7) is 5.59. The minimum absolute atomic E-state index is 0.684. The minimum Gasteiger partial charge on any atom is -0.369 e. The summed E-state index contributed by atoms with van der Waals surface area (Å²) < 4.78 is 1.17. The van der Waals surface area contributed by atoms with E-state index in [4.69, 9.17) is 0 Å². The maximum atomic E-state index is 3.57. The molecular formula is C13H17BrN. The Morgan fingerprint density at radius 1 is 1.40 bits per heavy atom. The molecule has 2 rings (SSSR count). The lowest BCUT2D eigenvalue weighted by Crippen LogP contribution is -2.26. The van der Waals surface area contributed by atoms with Crippen LogP contribution in [0.2, 0.25) is 0 Å². The Morgan fingerprint density at radius 3 is 2.80 bits per heavy atom. The summed E-state index contributed by atoms with van der Waals surface area (Å²) in [6, 6.07) is 7.33. The van der Waals surface area contributed by atoms with Crippen molar-refractivity contribution in [3.8, 4) is 0 Å². The third kappa shape index (κ3) is 2.36. The molecule has 1 aromatic carbocycles. The van der Waals surface area contributed by atoms with Crippen molar-refractivity contribution in [1.29, 1.82) is 0 Å². The fourth-order valence-electron chi connectivity index (χ4n) is 2.25. The van der Waals surface area contributed by atoms with Gasteiger partial charge in [0.15, 0.2) is 0 Å². The molecule has 0 amide bonds. The van der Waals surface area contributed by atoms with Crippen LogP contribution in [0.4, 0.5) is 5.69 Å². The Morgan fingerprint density at radius 2 is 2.20 bits per heavy atom. The maximum absolute atomic E-state index is 3.57. The van der Waals surface area contributed by atoms with Crippen LogP contribution in [0.15, 0.2) is 22.7 Å². The average Bonchev–Trinajstić information content (AvgIpc) is 2.63. The lowest BCUT2D eigenvalue weighted by molar-refractivity contribution is 0.735. The molecule has 1 atom stereocenters. The minimum atomic E-state index is 0.684. The van der Waals surface area contributed by atoms with Gasteiger partial charge in [0, 0.05) is 22.7 Å². The second-order valence-corrected chi connectivity index (χ2v) is 5.13. The van der Waals surface area contributed by atoms with Gasteiger partial charge in [-0.3, -0.25) is 0 Å². The first kappa shape index (κ1) is 11.0. The van der Waals surface area contributed by atoms with Crippen molar-refractivity contribution in [1.82, 2.24) is 0 Å². The highest BCUT2D eigenvalue weighted by Crippen LogP contribution is 2.29. The topological polar surface area (TPSA) is 3.24 Å². The number of hydrogen-bond acceptors (Lipinski definition) is 1. The molecule has 1 saturated heterocycles. The molecule has 1 aliphatic rings. The molecule has 81 valence electrons. The Kier molecular flexibility index (Phi) is 3.35. The normalized spacial score (nSPS) is 21.0. The van der Waals surface area contributed by atoms with Crippen LogP contribution in [0, 0.1) is 6.42 Å². The van der Waals surface area contributed by atoms with Crippen molar-refractivity contribution >= 4 is 21.6 Å². The highest BCUT2D eigenvalue weighted by atomic mass is 79.9. The van der Waals surface area contributed by atoms with Crippen LogP contribution in [0.3, 0.4) is 0 Å². The highest BCUT2D eigenvalue weighted by molar-refractivity contribution is 9.10. The third-order valence-corrected chi connectivity index (χ3v) is 3.58. The Labute approximate surface area is 101 Å². The molecule has 0 N–H and O–H groups in total. The second kappa shape index (κ2) is 4.56. The molecule has 1 heterocycles. The lowest BCUT2D eigenvalue weighted by Gasteiger charge is -2.24. The van der Waals surface area contributed by atoms with E-state index >= 15 is 0 Å². The van der Waals surface area contributed by atoms with E-state index in [1.165, 1.54) is 35.1 Å². The molecule has 1 fully saturated rings. The zero-order valence-corrected chi connectivity index (χ0v) is 10.9. The predicted octanol–water partition coefficient (Wildman–Crippen LogP) is 4.01. The Hall–Kier alpha value is -0.500. The zero-order chi connectivity index (χ0) is 10.8.